The van der Waals surface area contributed by atoms with E-state index in [0.717, 1.165) is 0 Å². The Labute approximate surface area is 99.8 Å². The number of nitrogens with zero attached hydrogens (tertiary/aromatic N) is 1. The van der Waals surface area contributed by atoms with Crippen molar-refractivity contribution in [2.45, 2.75) is 13.5 Å². The maximum Gasteiger partial charge on any atom is 0.344 e. The van der Waals surface area contributed by atoms with Crippen molar-refractivity contribution in [1.82, 2.24) is 0 Å². The molecule has 0 aromatic carbocycles. The van der Waals surface area contributed by atoms with Gasteiger partial charge >= 0.3 is 5.97 Å². The molecular formula is C11H12BrNO2. The summed E-state index contributed by atoms with van der Waals surface area (Å²) < 4.78 is 6.61. The predicted octanol–water partition coefficient (Wildman–Crippen LogP) is -2.21. The molecule has 0 N–H and O–H groups in total. The second-order valence-corrected chi connectivity index (χ2v) is 2.69. The second-order valence-electron chi connectivity index (χ2n) is 2.69. The topological polar surface area (TPSA) is 30.2 Å². The molecule has 0 bridgehead atoms. The number of halogens is 1. The molecule has 0 fully saturated rings. The van der Waals surface area contributed by atoms with Gasteiger partial charge in [-0.25, -0.2) is 4.79 Å². The molecule has 1 heterocycles. The average molecular weight is 270 g/mol. The van der Waals surface area contributed by atoms with Crippen LogP contribution >= 0.6 is 0 Å². The van der Waals surface area contributed by atoms with E-state index in [1.54, 1.807) is 29.8 Å². The summed E-state index contributed by atoms with van der Waals surface area (Å²) in [5, 5.41) is 0. The van der Waals surface area contributed by atoms with Crippen molar-refractivity contribution in [3.8, 4) is 12.3 Å². The summed E-state index contributed by atoms with van der Waals surface area (Å²) in [6.07, 6.45) is 8.64. The largest absolute Gasteiger partial charge is 1.00 e. The molecule has 0 saturated carbocycles. The maximum atomic E-state index is 11.3. The van der Waals surface area contributed by atoms with E-state index >= 15 is 0 Å². The standard InChI is InChI=1S/C11H12NO2.BrH/c1-3-7-12-8-5-6-10(9-12)11(13)14-4-2;/h1,5-6,8-9H,4,7H2,2H3;1H/q+1;/p-1. The van der Waals surface area contributed by atoms with Crippen molar-refractivity contribution in [3.05, 3.63) is 30.1 Å². The molecule has 4 heteroatoms. The molecule has 0 atom stereocenters. The Kier molecular flexibility index (Phi) is 6.39. The molecule has 0 saturated heterocycles. The lowest BCUT2D eigenvalue weighted by Gasteiger charge is -1.99. The normalized spacial score (nSPS) is 8.53. The first-order valence-corrected chi connectivity index (χ1v) is 4.37. The zero-order valence-corrected chi connectivity index (χ0v) is 10.0. The van der Waals surface area contributed by atoms with E-state index in [0.29, 0.717) is 18.7 Å². The molecule has 0 aliphatic carbocycles. The smallest absolute Gasteiger partial charge is 0.344 e. The predicted molar refractivity (Wildman–Crippen MR) is 51.4 cm³/mol. The third kappa shape index (κ3) is 4.13. The lowest BCUT2D eigenvalue weighted by molar-refractivity contribution is -0.684. The third-order valence-electron chi connectivity index (χ3n) is 1.64. The van der Waals surface area contributed by atoms with Gasteiger partial charge in [0.15, 0.2) is 12.4 Å². The molecular weight excluding hydrogens is 258 g/mol. The minimum Gasteiger partial charge on any atom is -1.00 e. The molecule has 0 spiro atoms. The molecule has 0 aliphatic rings. The Morgan fingerprint density at radius 1 is 1.67 bits per heavy atom. The van der Waals surface area contributed by atoms with E-state index < -0.39 is 0 Å². The molecule has 80 valence electrons. The number of carbonyl (C=O) groups is 1. The molecule has 0 radical (unpaired) electrons. The SMILES string of the molecule is C#CC[n+]1cccc(C(=O)OCC)c1.[Br-]. The summed E-state index contributed by atoms with van der Waals surface area (Å²) in [5.41, 5.74) is 0.518. The quantitative estimate of drug-likeness (QED) is 0.354. The van der Waals surface area contributed by atoms with Crippen LogP contribution in [0.2, 0.25) is 0 Å². The first-order valence-electron chi connectivity index (χ1n) is 4.37. The third-order valence-corrected chi connectivity index (χ3v) is 1.64. The number of aromatic nitrogens is 1. The van der Waals surface area contributed by atoms with Crippen LogP contribution < -0.4 is 21.5 Å². The zero-order chi connectivity index (χ0) is 10.4. The number of ether oxygens (including phenoxy) is 1. The van der Waals surface area contributed by atoms with Crippen LogP contribution in [0.25, 0.3) is 0 Å². The van der Waals surface area contributed by atoms with Crippen molar-refractivity contribution in [2.75, 3.05) is 6.61 Å². The number of terminal acetylenes is 1. The van der Waals surface area contributed by atoms with Crippen LogP contribution in [-0.2, 0) is 11.3 Å². The van der Waals surface area contributed by atoms with Crippen LogP contribution in [0.1, 0.15) is 17.3 Å². The monoisotopic (exact) mass is 269 g/mol. The minimum atomic E-state index is -0.320. The molecule has 15 heavy (non-hydrogen) atoms. The Morgan fingerprint density at radius 2 is 2.40 bits per heavy atom. The fourth-order valence-corrected chi connectivity index (χ4v) is 1.06. The summed E-state index contributed by atoms with van der Waals surface area (Å²) in [6.45, 7) is 2.60. The highest BCUT2D eigenvalue weighted by Gasteiger charge is 2.10. The lowest BCUT2D eigenvalue weighted by Crippen LogP contribution is -3.00. The van der Waals surface area contributed by atoms with E-state index in [1.165, 1.54) is 0 Å². The van der Waals surface area contributed by atoms with Crippen molar-refractivity contribution in [1.29, 1.82) is 0 Å². The van der Waals surface area contributed by atoms with E-state index in [-0.39, 0.29) is 23.0 Å². The van der Waals surface area contributed by atoms with Crippen LogP contribution in [0.15, 0.2) is 24.5 Å². The van der Waals surface area contributed by atoms with Crippen molar-refractivity contribution in [3.63, 3.8) is 0 Å². The number of hydrogen-bond acceptors (Lipinski definition) is 2. The number of rotatable bonds is 3. The van der Waals surface area contributed by atoms with Gasteiger partial charge < -0.3 is 21.7 Å². The van der Waals surface area contributed by atoms with Gasteiger partial charge in [-0.2, -0.15) is 4.57 Å². The molecule has 0 unspecified atom stereocenters. The first-order chi connectivity index (χ1) is 6.77. The summed E-state index contributed by atoms with van der Waals surface area (Å²) >= 11 is 0. The summed E-state index contributed by atoms with van der Waals surface area (Å²) in [5.74, 6) is 2.17. The van der Waals surface area contributed by atoms with Gasteiger partial charge in [-0.05, 0) is 18.9 Å². The number of esters is 1. The van der Waals surface area contributed by atoms with Gasteiger partial charge in [0.2, 0.25) is 6.54 Å². The Hall–Kier alpha value is -1.34. The van der Waals surface area contributed by atoms with Crippen molar-refractivity contribution < 1.29 is 31.1 Å². The summed E-state index contributed by atoms with van der Waals surface area (Å²) in [7, 11) is 0. The van der Waals surface area contributed by atoms with Gasteiger partial charge in [0, 0.05) is 6.07 Å². The highest BCUT2D eigenvalue weighted by Crippen LogP contribution is 1.97. The van der Waals surface area contributed by atoms with Gasteiger partial charge in [-0.1, -0.05) is 0 Å². The van der Waals surface area contributed by atoms with E-state index in [2.05, 4.69) is 5.92 Å². The van der Waals surface area contributed by atoms with Gasteiger partial charge in [-0.15, -0.1) is 6.42 Å². The van der Waals surface area contributed by atoms with Crippen LogP contribution in [0.3, 0.4) is 0 Å². The molecule has 1 aromatic heterocycles. The van der Waals surface area contributed by atoms with Crippen LogP contribution in [0.5, 0.6) is 0 Å². The summed E-state index contributed by atoms with van der Waals surface area (Å²) in [4.78, 5) is 11.3. The van der Waals surface area contributed by atoms with Crippen LogP contribution in [-0.4, -0.2) is 12.6 Å². The van der Waals surface area contributed by atoms with E-state index in [9.17, 15) is 4.79 Å². The number of pyridine rings is 1. The summed E-state index contributed by atoms with van der Waals surface area (Å²) in [6, 6.07) is 3.47. The Balaban J connectivity index is 0.00000196. The maximum absolute atomic E-state index is 11.3. The molecule has 1 rings (SSSR count). The number of hydrogen-bond donors (Lipinski definition) is 0. The molecule has 3 nitrogen and oxygen atoms in total. The fraction of sp³-hybridized carbons (Fsp3) is 0.273. The highest BCUT2D eigenvalue weighted by atomic mass is 79.9. The lowest BCUT2D eigenvalue weighted by atomic mass is 10.3. The van der Waals surface area contributed by atoms with Gasteiger partial charge in [0.25, 0.3) is 0 Å². The van der Waals surface area contributed by atoms with E-state index in [1.807, 2.05) is 6.20 Å². The number of carbonyl (C=O) groups excluding carboxylic acids is 1. The second kappa shape index (κ2) is 7.02. The average Bonchev–Trinajstić information content (AvgIpc) is 2.19. The fourth-order valence-electron chi connectivity index (χ4n) is 1.06. The molecule has 1 aromatic rings. The van der Waals surface area contributed by atoms with E-state index in [4.69, 9.17) is 11.2 Å². The highest BCUT2D eigenvalue weighted by molar-refractivity contribution is 5.88. The zero-order valence-electron chi connectivity index (χ0n) is 8.44. The van der Waals surface area contributed by atoms with Crippen molar-refractivity contribution in [2.24, 2.45) is 0 Å². The molecule has 0 aliphatic heterocycles. The Bertz CT molecular complexity index is 371. The van der Waals surface area contributed by atoms with Crippen molar-refractivity contribution >= 4 is 5.97 Å². The van der Waals surface area contributed by atoms with Crippen LogP contribution in [0.4, 0.5) is 0 Å². The molecule has 0 amide bonds. The minimum absolute atomic E-state index is 0. The Morgan fingerprint density at radius 3 is 3.00 bits per heavy atom. The van der Waals surface area contributed by atoms with Gasteiger partial charge in [0.05, 0.1) is 6.61 Å². The van der Waals surface area contributed by atoms with Gasteiger partial charge in [0.1, 0.15) is 5.56 Å². The first kappa shape index (κ1) is 13.7. The van der Waals surface area contributed by atoms with Gasteiger partial charge in [-0.3, -0.25) is 0 Å². The van der Waals surface area contributed by atoms with Crippen LogP contribution in [0, 0.1) is 12.3 Å².